The molecule has 78 valence electrons. The molecule has 0 saturated carbocycles. The lowest BCUT2D eigenvalue weighted by atomic mass is 10.2. The Balaban J connectivity index is 0.000000791. The maximum absolute atomic E-state index is 11.0. The summed E-state index contributed by atoms with van der Waals surface area (Å²) in [5.74, 6) is -0.420. The number of nitrogen functional groups attached to an aromatic ring is 1. The molecule has 0 saturated heterocycles. The molecule has 0 aliphatic rings. The van der Waals surface area contributed by atoms with E-state index in [9.17, 15) is 4.79 Å². The van der Waals surface area contributed by atoms with Crippen LogP contribution in [0.5, 0.6) is 0 Å². The smallest absolute Gasteiger partial charge is 0.337 e. The van der Waals surface area contributed by atoms with Crippen LogP contribution in [-0.4, -0.2) is 13.1 Å². The summed E-state index contributed by atoms with van der Waals surface area (Å²) in [7, 11) is 1.31. The highest BCUT2D eigenvalue weighted by molar-refractivity contribution is 6.33. The van der Waals surface area contributed by atoms with Gasteiger partial charge in [0, 0.05) is 0 Å². The Morgan fingerprint density at radius 2 is 2.00 bits per heavy atom. The largest absolute Gasteiger partial charge is 0.465 e. The highest BCUT2D eigenvalue weighted by atomic mass is 35.5. The molecule has 0 fully saturated rings. The molecule has 0 amide bonds. The molecule has 1 aromatic rings. The van der Waals surface area contributed by atoms with E-state index in [1.165, 1.54) is 13.2 Å². The van der Waals surface area contributed by atoms with Crippen molar-refractivity contribution in [3.05, 3.63) is 28.8 Å². The van der Waals surface area contributed by atoms with Gasteiger partial charge in [-0.05, 0) is 18.2 Å². The predicted octanol–water partition coefficient (Wildman–Crippen LogP) is 2.74. The molecule has 0 atom stereocenters. The molecule has 0 aliphatic heterocycles. The van der Waals surface area contributed by atoms with Crippen molar-refractivity contribution in [1.29, 1.82) is 0 Å². The van der Waals surface area contributed by atoms with Crippen LogP contribution in [0.1, 0.15) is 24.2 Å². The maximum atomic E-state index is 11.0. The number of benzene rings is 1. The van der Waals surface area contributed by atoms with Crippen molar-refractivity contribution in [3.8, 4) is 0 Å². The van der Waals surface area contributed by atoms with E-state index in [0.717, 1.165) is 0 Å². The molecule has 14 heavy (non-hydrogen) atoms. The third-order valence-corrected chi connectivity index (χ3v) is 1.75. The Morgan fingerprint density at radius 1 is 1.43 bits per heavy atom. The van der Waals surface area contributed by atoms with Gasteiger partial charge in [0.15, 0.2) is 0 Å². The summed E-state index contributed by atoms with van der Waals surface area (Å²) in [6, 6.07) is 4.60. The second kappa shape index (κ2) is 6.27. The normalized spacial score (nSPS) is 8.57. The quantitative estimate of drug-likeness (QED) is 0.579. The zero-order valence-corrected chi connectivity index (χ0v) is 9.26. The summed E-state index contributed by atoms with van der Waals surface area (Å²) < 4.78 is 4.49. The molecular weight excluding hydrogens is 202 g/mol. The lowest BCUT2D eigenvalue weighted by Gasteiger charge is -2.00. The minimum Gasteiger partial charge on any atom is -0.465 e. The first-order chi connectivity index (χ1) is 6.65. The average molecular weight is 216 g/mol. The molecule has 3 nitrogen and oxygen atoms in total. The van der Waals surface area contributed by atoms with Gasteiger partial charge in [-0.1, -0.05) is 25.4 Å². The summed E-state index contributed by atoms with van der Waals surface area (Å²) in [5, 5.41) is 0.359. The molecule has 0 unspecified atom stereocenters. The number of nitrogens with two attached hydrogens (primary N) is 1. The number of anilines is 1. The van der Waals surface area contributed by atoms with Gasteiger partial charge in [-0.3, -0.25) is 0 Å². The molecule has 0 aliphatic carbocycles. The molecule has 0 heterocycles. The zero-order valence-electron chi connectivity index (χ0n) is 8.50. The van der Waals surface area contributed by atoms with Crippen LogP contribution in [-0.2, 0) is 4.74 Å². The highest BCUT2D eigenvalue weighted by Crippen LogP contribution is 2.19. The molecule has 2 N–H and O–H groups in total. The first kappa shape index (κ1) is 12.8. The van der Waals surface area contributed by atoms with Crippen LogP contribution >= 0.6 is 11.6 Å². The molecule has 4 heteroatoms. The van der Waals surface area contributed by atoms with Crippen LogP contribution in [0, 0.1) is 0 Å². The van der Waals surface area contributed by atoms with Gasteiger partial charge in [0.05, 0.1) is 23.4 Å². The Labute approximate surface area is 88.8 Å². The van der Waals surface area contributed by atoms with Crippen molar-refractivity contribution in [2.24, 2.45) is 0 Å². The molecule has 0 bridgehead atoms. The first-order valence-corrected chi connectivity index (χ1v) is 4.66. The lowest BCUT2D eigenvalue weighted by molar-refractivity contribution is 0.0601. The molecule has 0 aromatic heterocycles. The van der Waals surface area contributed by atoms with Crippen molar-refractivity contribution < 1.29 is 9.53 Å². The molecule has 0 radical (unpaired) electrons. The van der Waals surface area contributed by atoms with E-state index >= 15 is 0 Å². The summed E-state index contributed by atoms with van der Waals surface area (Å²) in [4.78, 5) is 11.0. The predicted molar refractivity (Wildman–Crippen MR) is 58.6 cm³/mol. The minimum atomic E-state index is -0.420. The number of hydrogen-bond donors (Lipinski definition) is 1. The van der Waals surface area contributed by atoms with Gasteiger partial charge >= 0.3 is 5.97 Å². The van der Waals surface area contributed by atoms with Gasteiger partial charge in [0.25, 0.3) is 0 Å². The van der Waals surface area contributed by atoms with E-state index in [1.54, 1.807) is 12.1 Å². The third kappa shape index (κ3) is 3.26. The number of esters is 1. The van der Waals surface area contributed by atoms with E-state index < -0.39 is 5.97 Å². The van der Waals surface area contributed by atoms with E-state index in [1.807, 2.05) is 13.8 Å². The molecule has 0 spiro atoms. The van der Waals surface area contributed by atoms with Crippen molar-refractivity contribution >= 4 is 23.3 Å². The Bertz CT molecular complexity index is 313. The van der Waals surface area contributed by atoms with E-state index in [0.29, 0.717) is 16.3 Å². The highest BCUT2D eigenvalue weighted by Gasteiger charge is 2.06. The monoisotopic (exact) mass is 215 g/mol. The number of hydrogen-bond acceptors (Lipinski definition) is 3. The van der Waals surface area contributed by atoms with Crippen molar-refractivity contribution in [3.63, 3.8) is 0 Å². The topological polar surface area (TPSA) is 52.3 Å². The van der Waals surface area contributed by atoms with Crippen LogP contribution in [0.3, 0.4) is 0 Å². The zero-order chi connectivity index (χ0) is 11.1. The van der Waals surface area contributed by atoms with E-state index in [-0.39, 0.29) is 0 Å². The second-order valence-corrected chi connectivity index (χ2v) is 2.64. The molecule has 1 rings (SSSR count). The molecular formula is C10H14ClNO2. The van der Waals surface area contributed by atoms with Crippen LogP contribution in [0.4, 0.5) is 5.69 Å². The van der Waals surface area contributed by atoms with E-state index in [4.69, 9.17) is 17.3 Å². The van der Waals surface area contributed by atoms with Gasteiger partial charge in [-0.2, -0.15) is 0 Å². The average Bonchev–Trinajstić information content (AvgIpc) is 2.24. The third-order valence-electron chi connectivity index (χ3n) is 1.42. The fourth-order valence-corrected chi connectivity index (χ4v) is 0.952. The van der Waals surface area contributed by atoms with Crippen LogP contribution in [0.25, 0.3) is 0 Å². The fraction of sp³-hybridized carbons (Fsp3) is 0.300. The van der Waals surface area contributed by atoms with Crippen molar-refractivity contribution in [2.45, 2.75) is 13.8 Å². The number of carbonyl (C=O) groups is 1. The number of ether oxygens (including phenoxy) is 1. The van der Waals surface area contributed by atoms with Crippen LogP contribution in [0.15, 0.2) is 18.2 Å². The number of carbonyl (C=O) groups excluding carboxylic acids is 1. The Morgan fingerprint density at radius 3 is 2.43 bits per heavy atom. The van der Waals surface area contributed by atoms with Gasteiger partial charge in [-0.15, -0.1) is 0 Å². The Kier molecular flexibility index (Phi) is 5.72. The van der Waals surface area contributed by atoms with Crippen molar-refractivity contribution in [2.75, 3.05) is 12.8 Å². The summed E-state index contributed by atoms with van der Waals surface area (Å²) in [6.45, 7) is 4.00. The minimum absolute atomic E-state index is 0.359. The standard InChI is InChI=1S/C8H8ClNO2.C2H6/c1-12-8(11)5-2-3-7(10)6(9)4-5;1-2/h2-4H,10H2,1H3;1-2H3. The second-order valence-electron chi connectivity index (χ2n) is 2.23. The van der Waals surface area contributed by atoms with Gasteiger partial charge in [0.2, 0.25) is 0 Å². The lowest BCUT2D eigenvalue weighted by Crippen LogP contribution is -2.01. The number of rotatable bonds is 1. The molecule has 1 aromatic carbocycles. The Hall–Kier alpha value is -1.22. The fourth-order valence-electron chi connectivity index (χ4n) is 0.772. The summed E-state index contributed by atoms with van der Waals surface area (Å²) >= 11 is 5.68. The SMILES string of the molecule is CC.COC(=O)c1ccc(N)c(Cl)c1. The number of methoxy groups -OCH3 is 1. The van der Waals surface area contributed by atoms with Crippen molar-refractivity contribution in [1.82, 2.24) is 0 Å². The van der Waals surface area contributed by atoms with Crippen LogP contribution in [0.2, 0.25) is 5.02 Å². The van der Waals surface area contributed by atoms with Gasteiger partial charge in [0.1, 0.15) is 0 Å². The number of halogens is 1. The van der Waals surface area contributed by atoms with E-state index in [2.05, 4.69) is 4.74 Å². The first-order valence-electron chi connectivity index (χ1n) is 4.28. The maximum Gasteiger partial charge on any atom is 0.337 e. The van der Waals surface area contributed by atoms with Gasteiger partial charge in [-0.25, -0.2) is 4.79 Å². The van der Waals surface area contributed by atoms with Crippen LogP contribution < -0.4 is 5.73 Å². The summed E-state index contributed by atoms with van der Waals surface area (Å²) in [6.07, 6.45) is 0. The summed E-state index contributed by atoms with van der Waals surface area (Å²) in [5.41, 5.74) is 6.29. The van der Waals surface area contributed by atoms with Gasteiger partial charge < -0.3 is 10.5 Å².